The predicted molar refractivity (Wildman–Crippen MR) is 123 cm³/mol. The fourth-order valence-electron chi connectivity index (χ4n) is 6.09. The van der Waals surface area contributed by atoms with Crippen LogP contribution in [0.1, 0.15) is 37.7 Å². The van der Waals surface area contributed by atoms with Crippen molar-refractivity contribution in [1.29, 1.82) is 5.26 Å². The Labute approximate surface area is 195 Å². The summed E-state index contributed by atoms with van der Waals surface area (Å²) >= 11 is 0. The van der Waals surface area contributed by atoms with Gasteiger partial charge in [0.25, 0.3) is 0 Å². The summed E-state index contributed by atoms with van der Waals surface area (Å²) in [5, 5.41) is 15.7. The smallest absolute Gasteiger partial charge is 0.238 e. The summed E-state index contributed by atoms with van der Waals surface area (Å²) in [7, 11) is 0. The van der Waals surface area contributed by atoms with Gasteiger partial charge in [0.15, 0.2) is 0 Å². The summed E-state index contributed by atoms with van der Waals surface area (Å²) in [6.07, 6.45) is 5.54. The Morgan fingerprint density at radius 2 is 2.00 bits per heavy atom. The average Bonchev–Trinajstić information content (AvgIpc) is 3.49. The van der Waals surface area contributed by atoms with Crippen molar-refractivity contribution in [1.82, 2.24) is 15.5 Å². The van der Waals surface area contributed by atoms with E-state index in [1.165, 1.54) is 0 Å². The van der Waals surface area contributed by atoms with Crippen molar-refractivity contribution in [3.05, 3.63) is 29.6 Å². The van der Waals surface area contributed by atoms with Crippen molar-refractivity contribution in [3.63, 3.8) is 0 Å². The molecule has 4 fully saturated rings. The second-order valence-corrected chi connectivity index (χ2v) is 9.95. The fourth-order valence-corrected chi connectivity index (χ4v) is 6.09. The number of ether oxygens (including phenoxy) is 1. The molecule has 1 aliphatic carbocycles. The molecule has 1 aromatic carbocycles. The molecule has 4 aliphatic rings. The third-order valence-electron chi connectivity index (χ3n) is 7.97. The van der Waals surface area contributed by atoms with Crippen molar-refractivity contribution in [2.45, 2.75) is 62.7 Å². The van der Waals surface area contributed by atoms with Crippen LogP contribution in [0.5, 0.6) is 0 Å². The molecule has 4 atom stereocenters. The van der Waals surface area contributed by atoms with Crippen LogP contribution in [0.25, 0.3) is 0 Å². The molecular weight excluding hydrogens is 421 g/mol. The maximum absolute atomic E-state index is 14.9. The molecule has 1 aromatic rings. The number of halogens is 1. The van der Waals surface area contributed by atoms with E-state index in [0.717, 1.165) is 77.2 Å². The number of hydrogen-bond acceptors (Lipinski definition) is 6. The average molecular weight is 456 g/mol. The highest BCUT2D eigenvalue weighted by atomic mass is 19.1. The van der Waals surface area contributed by atoms with Gasteiger partial charge in [-0.3, -0.25) is 9.69 Å². The van der Waals surface area contributed by atoms with Crippen LogP contribution in [0, 0.1) is 23.1 Å². The lowest BCUT2D eigenvalue weighted by molar-refractivity contribution is -0.124. The maximum atomic E-state index is 14.9. The molecule has 3 saturated heterocycles. The monoisotopic (exact) mass is 455 g/mol. The Bertz CT molecular complexity index is 891. The minimum absolute atomic E-state index is 0.131. The quantitative estimate of drug-likeness (QED) is 0.681. The van der Waals surface area contributed by atoms with Gasteiger partial charge < -0.3 is 20.3 Å². The van der Waals surface area contributed by atoms with Crippen LogP contribution in [-0.4, -0.2) is 74.4 Å². The molecule has 0 radical (unpaired) electrons. The molecular formula is C25H34FN5O2. The first-order chi connectivity index (χ1) is 16.1. The highest BCUT2D eigenvalue weighted by molar-refractivity contribution is 5.83. The predicted octanol–water partition coefficient (Wildman–Crippen LogP) is 1.82. The molecule has 0 aromatic heterocycles. The van der Waals surface area contributed by atoms with E-state index in [1.807, 2.05) is 6.07 Å². The number of benzene rings is 1. The van der Waals surface area contributed by atoms with Crippen molar-refractivity contribution < 1.29 is 13.9 Å². The number of carbonyl (C=O) groups is 1. The molecule has 1 amide bonds. The summed E-state index contributed by atoms with van der Waals surface area (Å²) in [5.41, 5.74) is 1.36. The molecule has 7 nitrogen and oxygen atoms in total. The lowest BCUT2D eigenvalue weighted by Gasteiger charge is -2.40. The third kappa shape index (κ3) is 5.01. The van der Waals surface area contributed by atoms with Gasteiger partial charge in [0.2, 0.25) is 5.91 Å². The molecule has 33 heavy (non-hydrogen) atoms. The second kappa shape index (κ2) is 9.96. The zero-order valence-corrected chi connectivity index (χ0v) is 19.1. The van der Waals surface area contributed by atoms with E-state index in [9.17, 15) is 14.4 Å². The topological polar surface area (TPSA) is 80.6 Å². The number of fused-ring (bicyclic) bond motifs is 2. The third-order valence-corrected chi connectivity index (χ3v) is 7.97. The van der Waals surface area contributed by atoms with E-state index in [0.29, 0.717) is 23.6 Å². The van der Waals surface area contributed by atoms with Crippen LogP contribution < -0.4 is 15.5 Å². The van der Waals surface area contributed by atoms with Gasteiger partial charge in [-0.15, -0.1) is 0 Å². The number of carbonyl (C=O) groups excluding carboxylic acids is 1. The number of nitrogens with zero attached hydrogens (tertiary/aromatic N) is 3. The Kier molecular flexibility index (Phi) is 6.81. The van der Waals surface area contributed by atoms with Crippen LogP contribution in [0.3, 0.4) is 0 Å². The van der Waals surface area contributed by atoms with Crippen LogP contribution in [0.4, 0.5) is 10.1 Å². The van der Waals surface area contributed by atoms with Gasteiger partial charge in [-0.1, -0.05) is 6.07 Å². The van der Waals surface area contributed by atoms with E-state index < -0.39 is 6.04 Å². The summed E-state index contributed by atoms with van der Waals surface area (Å²) in [4.78, 5) is 17.4. The molecule has 3 heterocycles. The van der Waals surface area contributed by atoms with Crippen LogP contribution >= 0.6 is 0 Å². The molecule has 2 bridgehead atoms. The van der Waals surface area contributed by atoms with Crippen molar-refractivity contribution >= 4 is 11.6 Å². The second-order valence-electron chi connectivity index (χ2n) is 9.95. The fraction of sp³-hybridized carbons (Fsp3) is 0.680. The van der Waals surface area contributed by atoms with E-state index in [-0.39, 0.29) is 24.2 Å². The summed E-state index contributed by atoms with van der Waals surface area (Å²) in [6, 6.07) is 7.50. The van der Waals surface area contributed by atoms with E-state index >= 15 is 0 Å². The first-order valence-corrected chi connectivity index (χ1v) is 12.4. The van der Waals surface area contributed by atoms with E-state index in [4.69, 9.17) is 4.74 Å². The Balaban J connectivity index is 1.15. The number of nitriles is 1. The highest BCUT2D eigenvalue weighted by Gasteiger charge is 2.43. The molecule has 2 N–H and O–H groups in total. The lowest BCUT2D eigenvalue weighted by Crippen LogP contribution is -2.50. The molecule has 1 saturated carbocycles. The van der Waals surface area contributed by atoms with Crippen LogP contribution in [0.2, 0.25) is 0 Å². The number of anilines is 1. The van der Waals surface area contributed by atoms with Crippen LogP contribution in [-0.2, 0) is 16.0 Å². The number of piperidine rings is 2. The zero-order valence-electron chi connectivity index (χ0n) is 19.1. The van der Waals surface area contributed by atoms with E-state index in [2.05, 4.69) is 26.5 Å². The minimum atomic E-state index is -0.733. The molecule has 5 rings (SSSR count). The van der Waals surface area contributed by atoms with Gasteiger partial charge in [-0.2, -0.15) is 5.26 Å². The van der Waals surface area contributed by atoms with Crippen molar-refractivity contribution in [2.24, 2.45) is 5.92 Å². The highest BCUT2D eigenvalue weighted by Crippen LogP contribution is 2.35. The van der Waals surface area contributed by atoms with E-state index in [1.54, 1.807) is 12.1 Å². The maximum Gasteiger partial charge on any atom is 0.238 e. The normalized spacial score (nSPS) is 29.1. The van der Waals surface area contributed by atoms with Gasteiger partial charge in [-0.25, -0.2) is 4.39 Å². The molecule has 8 heteroatoms. The SMILES string of the molecule is N#C[C@H](Cc1ccc(N2CCC(N3CCOCC3)CC2)cc1F)NC(=O)C1NC2CCC1C2. The number of nitrogens with one attached hydrogen (secondary N) is 2. The zero-order chi connectivity index (χ0) is 22.8. The first kappa shape index (κ1) is 22.6. The van der Waals surface area contributed by atoms with Crippen molar-refractivity contribution in [3.8, 4) is 6.07 Å². The largest absolute Gasteiger partial charge is 0.379 e. The molecule has 178 valence electrons. The van der Waals surface area contributed by atoms with Gasteiger partial charge in [0, 0.05) is 50.4 Å². The number of morpholine rings is 1. The Morgan fingerprint density at radius 3 is 2.64 bits per heavy atom. The lowest BCUT2D eigenvalue weighted by atomic mass is 9.98. The Morgan fingerprint density at radius 1 is 1.21 bits per heavy atom. The summed E-state index contributed by atoms with van der Waals surface area (Å²) in [6.45, 7) is 5.46. The standard InChI is InChI=1S/C25H34FN5O2/c26-23-15-22(30-7-5-21(6-8-30)31-9-11-33-12-10-31)4-2-17(23)13-20(16-27)29-25(32)24-18-1-3-19(14-18)28-24/h2,4,15,18-21,24,28H,1,3,5-14H2,(H,29,32)/t18?,19?,20-,24?/m0/s1. The van der Waals surface area contributed by atoms with Gasteiger partial charge in [0.1, 0.15) is 11.9 Å². The molecule has 3 aliphatic heterocycles. The van der Waals surface area contributed by atoms with Gasteiger partial charge >= 0.3 is 0 Å². The molecule has 0 spiro atoms. The van der Waals surface area contributed by atoms with Gasteiger partial charge in [-0.05, 0) is 55.7 Å². The van der Waals surface area contributed by atoms with Crippen molar-refractivity contribution in [2.75, 3.05) is 44.3 Å². The van der Waals surface area contributed by atoms with Crippen LogP contribution in [0.15, 0.2) is 18.2 Å². The number of hydrogen-bond donors (Lipinski definition) is 2. The number of rotatable bonds is 6. The molecule has 3 unspecified atom stereocenters. The first-order valence-electron chi connectivity index (χ1n) is 12.4. The summed E-state index contributed by atoms with van der Waals surface area (Å²) < 4.78 is 20.4. The van der Waals surface area contributed by atoms with Gasteiger partial charge in [0.05, 0.1) is 25.3 Å². The summed E-state index contributed by atoms with van der Waals surface area (Å²) in [5.74, 6) is -0.0815. The number of amides is 1. The Hall–Kier alpha value is -2.21. The minimum Gasteiger partial charge on any atom is -0.379 e.